The SMILES string of the molecule is N#Cc1cnc(Br)c(S)c1. The van der Waals surface area contributed by atoms with Crippen molar-refractivity contribution >= 4 is 28.6 Å². The predicted molar refractivity (Wildman–Crippen MR) is 43.9 cm³/mol. The predicted octanol–water partition coefficient (Wildman–Crippen LogP) is 2.00. The Balaban J connectivity index is 3.20. The monoisotopic (exact) mass is 214 g/mol. The molecule has 0 aliphatic rings. The molecule has 0 saturated heterocycles. The molecule has 0 radical (unpaired) electrons. The molecule has 4 heteroatoms. The van der Waals surface area contributed by atoms with Crippen molar-refractivity contribution in [3.63, 3.8) is 0 Å². The van der Waals surface area contributed by atoms with Crippen molar-refractivity contribution in [2.24, 2.45) is 0 Å². The molecule has 2 nitrogen and oxygen atoms in total. The average Bonchev–Trinajstić information content (AvgIpc) is 1.95. The molecule has 1 rings (SSSR count). The van der Waals surface area contributed by atoms with Crippen molar-refractivity contribution in [1.82, 2.24) is 4.98 Å². The van der Waals surface area contributed by atoms with Crippen molar-refractivity contribution in [1.29, 1.82) is 5.26 Å². The molecule has 0 spiro atoms. The zero-order valence-electron chi connectivity index (χ0n) is 4.87. The van der Waals surface area contributed by atoms with Gasteiger partial charge in [-0.3, -0.25) is 0 Å². The van der Waals surface area contributed by atoms with Gasteiger partial charge in [0, 0.05) is 11.1 Å². The number of aromatic nitrogens is 1. The maximum absolute atomic E-state index is 8.41. The van der Waals surface area contributed by atoms with E-state index < -0.39 is 0 Å². The highest BCUT2D eigenvalue weighted by Gasteiger charge is 1.96. The first kappa shape index (κ1) is 7.58. The molecule has 10 heavy (non-hydrogen) atoms. The van der Waals surface area contributed by atoms with E-state index in [9.17, 15) is 0 Å². The highest BCUT2D eigenvalue weighted by atomic mass is 79.9. The van der Waals surface area contributed by atoms with E-state index in [1.54, 1.807) is 6.07 Å². The first-order chi connectivity index (χ1) is 4.74. The summed E-state index contributed by atoms with van der Waals surface area (Å²) in [7, 11) is 0. The molecule has 1 heterocycles. The second-order valence-electron chi connectivity index (χ2n) is 1.65. The van der Waals surface area contributed by atoms with Gasteiger partial charge >= 0.3 is 0 Å². The van der Waals surface area contributed by atoms with Gasteiger partial charge < -0.3 is 0 Å². The number of nitrogens with zero attached hydrogens (tertiary/aromatic N) is 2. The first-order valence-electron chi connectivity index (χ1n) is 2.48. The summed E-state index contributed by atoms with van der Waals surface area (Å²) in [5.74, 6) is 0. The normalized spacial score (nSPS) is 8.90. The summed E-state index contributed by atoms with van der Waals surface area (Å²) in [5, 5.41) is 8.41. The minimum absolute atomic E-state index is 0.521. The van der Waals surface area contributed by atoms with Gasteiger partial charge in [0.25, 0.3) is 0 Å². The average molecular weight is 215 g/mol. The number of rotatable bonds is 0. The van der Waals surface area contributed by atoms with Crippen molar-refractivity contribution < 1.29 is 0 Å². The molecule has 0 bridgehead atoms. The molecule has 0 aromatic carbocycles. The molecule has 0 amide bonds. The lowest BCUT2D eigenvalue weighted by molar-refractivity contribution is 1.17. The molecule has 1 aromatic rings. The fourth-order valence-corrected chi connectivity index (χ4v) is 0.911. The van der Waals surface area contributed by atoms with Gasteiger partial charge in [-0.25, -0.2) is 4.98 Å². The Bertz CT molecular complexity index is 292. The highest BCUT2D eigenvalue weighted by Crippen LogP contribution is 2.17. The van der Waals surface area contributed by atoms with Gasteiger partial charge in [-0.05, 0) is 22.0 Å². The number of pyridine rings is 1. The van der Waals surface area contributed by atoms with Crippen LogP contribution in [0.2, 0.25) is 0 Å². The van der Waals surface area contributed by atoms with Gasteiger partial charge in [0.2, 0.25) is 0 Å². The minimum Gasteiger partial charge on any atom is -0.247 e. The summed E-state index contributed by atoms with van der Waals surface area (Å²) in [6, 6.07) is 3.62. The lowest BCUT2D eigenvalue weighted by Crippen LogP contribution is -1.80. The van der Waals surface area contributed by atoms with Crippen LogP contribution in [0.25, 0.3) is 0 Å². The Labute approximate surface area is 72.4 Å². The van der Waals surface area contributed by atoms with E-state index in [-0.39, 0.29) is 0 Å². The maximum Gasteiger partial charge on any atom is 0.119 e. The molecule has 0 N–H and O–H groups in total. The van der Waals surface area contributed by atoms with E-state index in [1.807, 2.05) is 6.07 Å². The first-order valence-corrected chi connectivity index (χ1v) is 3.72. The van der Waals surface area contributed by atoms with Crippen LogP contribution in [-0.2, 0) is 0 Å². The smallest absolute Gasteiger partial charge is 0.119 e. The van der Waals surface area contributed by atoms with Gasteiger partial charge in [-0.15, -0.1) is 12.6 Å². The second-order valence-corrected chi connectivity index (χ2v) is 2.88. The van der Waals surface area contributed by atoms with E-state index in [1.165, 1.54) is 6.20 Å². The lowest BCUT2D eigenvalue weighted by atomic mass is 10.3. The number of hydrogen-bond acceptors (Lipinski definition) is 3. The van der Waals surface area contributed by atoms with Gasteiger partial charge in [0.1, 0.15) is 10.7 Å². The Morgan fingerprint density at radius 1 is 1.70 bits per heavy atom. The van der Waals surface area contributed by atoms with E-state index in [0.717, 1.165) is 0 Å². The largest absolute Gasteiger partial charge is 0.247 e. The summed E-state index contributed by atoms with van der Waals surface area (Å²) < 4.78 is 0.662. The molecular formula is C6H3BrN2S. The Morgan fingerprint density at radius 3 is 2.90 bits per heavy atom. The van der Waals surface area contributed by atoms with E-state index >= 15 is 0 Å². The van der Waals surface area contributed by atoms with E-state index in [2.05, 4.69) is 33.5 Å². The fourth-order valence-electron chi connectivity index (χ4n) is 0.498. The van der Waals surface area contributed by atoms with Crippen molar-refractivity contribution in [3.8, 4) is 6.07 Å². The van der Waals surface area contributed by atoms with Crippen LogP contribution in [0.15, 0.2) is 21.8 Å². The number of hydrogen-bond donors (Lipinski definition) is 1. The number of thiol groups is 1. The van der Waals surface area contributed by atoms with Crippen LogP contribution in [0.3, 0.4) is 0 Å². The Morgan fingerprint density at radius 2 is 2.40 bits per heavy atom. The van der Waals surface area contributed by atoms with Gasteiger partial charge in [-0.2, -0.15) is 5.26 Å². The highest BCUT2D eigenvalue weighted by molar-refractivity contribution is 9.10. The Hall–Kier alpha value is -0.530. The molecule has 0 aliphatic carbocycles. The molecular weight excluding hydrogens is 212 g/mol. The van der Waals surface area contributed by atoms with Gasteiger partial charge in [-0.1, -0.05) is 0 Å². The van der Waals surface area contributed by atoms with Gasteiger partial charge in [0.05, 0.1) is 5.56 Å². The summed E-state index contributed by atoms with van der Waals surface area (Å²) >= 11 is 7.22. The summed E-state index contributed by atoms with van der Waals surface area (Å²) in [6.45, 7) is 0. The third-order valence-electron chi connectivity index (χ3n) is 0.950. The van der Waals surface area contributed by atoms with Crippen molar-refractivity contribution in [2.45, 2.75) is 4.90 Å². The molecule has 0 aliphatic heterocycles. The minimum atomic E-state index is 0.521. The van der Waals surface area contributed by atoms with Crippen molar-refractivity contribution in [3.05, 3.63) is 22.4 Å². The van der Waals surface area contributed by atoms with Crippen LogP contribution in [-0.4, -0.2) is 4.98 Å². The van der Waals surface area contributed by atoms with Crippen LogP contribution >= 0.6 is 28.6 Å². The Kier molecular flexibility index (Phi) is 2.30. The maximum atomic E-state index is 8.41. The summed E-state index contributed by atoms with van der Waals surface area (Å²) in [6.07, 6.45) is 1.49. The molecule has 1 aromatic heterocycles. The third-order valence-corrected chi connectivity index (χ3v) is 2.23. The molecule has 0 saturated carbocycles. The lowest BCUT2D eigenvalue weighted by Gasteiger charge is -1.93. The molecule has 50 valence electrons. The number of halogens is 1. The second kappa shape index (κ2) is 3.04. The third kappa shape index (κ3) is 1.49. The standard InChI is InChI=1S/C6H3BrN2S/c7-6-5(10)1-4(2-8)3-9-6/h1,3,10H. The van der Waals surface area contributed by atoms with E-state index in [4.69, 9.17) is 5.26 Å². The van der Waals surface area contributed by atoms with Crippen LogP contribution in [0.1, 0.15) is 5.56 Å². The molecule has 0 atom stereocenters. The van der Waals surface area contributed by atoms with Crippen LogP contribution < -0.4 is 0 Å². The molecule has 0 unspecified atom stereocenters. The van der Waals surface area contributed by atoms with Crippen molar-refractivity contribution in [2.75, 3.05) is 0 Å². The van der Waals surface area contributed by atoms with Gasteiger partial charge in [0.15, 0.2) is 0 Å². The zero-order chi connectivity index (χ0) is 7.56. The van der Waals surface area contributed by atoms with Crippen LogP contribution in [0.4, 0.5) is 0 Å². The molecule has 0 fully saturated rings. The fraction of sp³-hybridized carbons (Fsp3) is 0. The summed E-state index contributed by atoms with van der Waals surface area (Å²) in [4.78, 5) is 4.55. The quantitative estimate of drug-likeness (QED) is 0.530. The van der Waals surface area contributed by atoms with Crippen LogP contribution in [0.5, 0.6) is 0 Å². The van der Waals surface area contributed by atoms with E-state index in [0.29, 0.717) is 15.1 Å². The number of nitriles is 1. The zero-order valence-corrected chi connectivity index (χ0v) is 7.35. The summed E-state index contributed by atoms with van der Waals surface area (Å²) in [5.41, 5.74) is 0.521. The topological polar surface area (TPSA) is 36.7 Å². The van der Waals surface area contributed by atoms with Crippen LogP contribution in [0, 0.1) is 11.3 Å².